The number of amides is 1. The molecule has 0 aliphatic rings. The van der Waals surface area contributed by atoms with Gasteiger partial charge in [-0.2, -0.15) is 0 Å². The third-order valence-electron chi connectivity index (χ3n) is 3.38. The van der Waals surface area contributed by atoms with Crippen molar-refractivity contribution in [3.63, 3.8) is 0 Å². The van der Waals surface area contributed by atoms with Crippen LogP contribution in [0.1, 0.15) is 43.1 Å². The molecule has 0 aliphatic heterocycles. The number of nitrogens with zero attached hydrogens (tertiary/aromatic N) is 1. The SMILES string of the molecule is CCCN(CC(C)(C)CN)C(=O)c1cc(F)ccc1C. The summed E-state index contributed by atoms with van der Waals surface area (Å²) in [5.74, 6) is -0.501. The molecule has 1 amide bonds. The van der Waals surface area contributed by atoms with Crippen molar-refractivity contribution in [3.05, 3.63) is 35.1 Å². The van der Waals surface area contributed by atoms with Crippen LogP contribution in [-0.2, 0) is 0 Å². The first-order chi connectivity index (χ1) is 9.30. The molecule has 0 bridgehead atoms. The van der Waals surface area contributed by atoms with Gasteiger partial charge in [0.25, 0.3) is 5.91 Å². The molecule has 112 valence electrons. The van der Waals surface area contributed by atoms with E-state index in [0.717, 1.165) is 12.0 Å². The molecule has 1 aromatic carbocycles. The summed E-state index contributed by atoms with van der Waals surface area (Å²) in [4.78, 5) is 14.4. The number of hydrogen-bond donors (Lipinski definition) is 1. The molecule has 0 saturated carbocycles. The maximum Gasteiger partial charge on any atom is 0.254 e. The number of halogens is 1. The third-order valence-corrected chi connectivity index (χ3v) is 3.38. The molecule has 2 N–H and O–H groups in total. The zero-order valence-corrected chi connectivity index (χ0v) is 12.9. The van der Waals surface area contributed by atoms with Crippen molar-refractivity contribution in [2.75, 3.05) is 19.6 Å². The van der Waals surface area contributed by atoms with Crippen LogP contribution in [-0.4, -0.2) is 30.4 Å². The van der Waals surface area contributed by atoms with Crippen molar-refractivity contribution in [1.82, 2.24) is 4.90 Å². The first-order valence-electron chi connectivity index (χ1n) is 7.06. The first-order valence-corrected chi connectivity index (χ1v) is 7.06. The average Bonchev–Trinajstić information content (AvgIpc) is 2.40. The summed E-state index contributed by atoms with van der Waals surface area (Å²) >= 11 is 0. The molecule has 0 aromatic heterocycles. The lowest BCUT2D eigenvalue weighted by Gasteiger charge is -2.32. The van der Waals surface area contributed by atoms with Crippen molar-refractivity contribution < 1.29 is 9.18 Å². The minimum Gasteiger partial charge on any atom is -0.338 e. The van der Waals surface area contributed by atoms with Gasteiger partial charge in [-0.25, -0.2) is 4.39 Å². The molecule has 4 heteroatoms. The maximum absolute atomic E-state index is 13.4. The highest BCUT2D eigenvalue weighted by Crippen LogP contribution is 2.19. The minimum atomic E-state index is -0.381. The fourth-order valence-corrected chi connectivity index (χ4v) is 2.10. The Bertz CT molecular complexity index is 472. The fourth-order valence-electron chi connectivity index (χ4n) is 2.10. The summed E-state index contributed by atoms with van der Waals surface area (Å²) < 4.78 is 13.4. The summed E-state index contributed by atoms with van der Waals surface area (Å²) in [6.07, 6.45) is 0.862. The quantitative estimate of drug-likeness (QED) is 0.870. The van der Waals surface area contributed by atoms with Gasteiger partial charge in [0, 0.05) is 18.7 Å². The van der Waals surface area contributed by atoms with Gasteiger partial charge in [-0.3, -0.25) is 4.79 Å². The van der Waals surface area contributed by atoms with E-state index in [1.807, 2.05) is 27.7 Å². The van der Waals surface area contributed by atoms with Crippen molar-refractivity contribution in [3.8, 4) is 0 Å². The van der Waals surface area contributed by atoms with Gasteiger partial charge in [0.1, 0.15) is 5.82 Å². The van der Waals surface area contributed by atoms with Gasteiger partial charge in [-0.15, -0.1) is 0 Å². The van der Waals surface area contributed by atoms with Crippen LogP contribution in [0, 0.1) is 18.2 Å². The number of rotatable bonds is 6. The minimum absolute atomic E-state index is 0.120. The topological polar surface area (TPSA) is 46.3 Å². The standard InChI is InChI=1S/C16H25FN2O/c1-5-8-19(11-16(3,4)10-18)15(20)14-9-13(17)7-6-12(14)2/h6-7,9H,5,8,10-11,18H2,1-4H3. The van der Waals surface area contributed by atoms with Gasteiger partial charge in [0.2, 0.25) is 0 Å². The molecule has 0 saturated heterocycles. The first kappa shape index (κ1) is 16.6. The van der Waals surface area contributed by atoms with Crippen molar-refractivity contribution in [2.45, 2.75) is 34.1 Å². The maximum atomic E-state index is 13.4. The largest absolute Gasteiger partial charge is 0.338 e. The van der Waals surface area contributed by atoms with Crippen LogP contribution in [0.3, 0.4) is 0 Å². The van der Waals surface area contributed by atoms with Crippen LogP contribution in [0.15, 0.2) is 18.2 Å². The highest BCUT2D eigenvalue weighted by molar-refractivity contribution is 5.95. The Morgan fingerprint density at radius 1 is 1.40 bits per heavy atom. The summed E-state index contributed by atoms with van der Waals surface area (Å²) in [5.41, 5.74) is 6.83. The van der Waals surface area contributed by atoms with Crippen molar-refractivity contribution in [2.24, 2.45) is 11.1 Å². The van der Waals surface area contributed by atoms with Gasteiger partial charge in [-0.1, -0.05) is 26.8 Å². The van der Waals surface area contributed by atoms with E-state index in [1.54, 1.807) is 11.0 Å². The number of benzene rings is 1. The highest BCUT2D eigenvalue weighted by atomic mass is 19.1. The van der Waals surface area contributed by atoms with Crippen LogP contribution in [0.25, 0.3) is 0 Å². The van der Waals surface area contributed by atoms with E-state index in [9.17, 15) is 9.18 Å². The Balaban J connectivity index is 3.02. The van der Waals surface area contributed by atoms with Crippen molar-refractivity contribution in [1.29, 1.82) is 0 Å². The van der Waals surface area contributed by atoms with Gasteiger partial charge in [0.05, 0.1) is 0 Å². The molecule has 0 spiro atoms. The van der Waals surface area contributed by atoms with Gasteiger partial charge >= 0.3 is 0 Å². The fraction of sp³-hybridized carbons (Fsp3) is 0.562. The second-order valence-electron chi connectivity index (χ2n) is 6.05. The molecule has 1 rings (SSSR count). The summed E-state index contributed by atoms with van der Waals surface area (Å²) in [7, 11) is 0. The number of nitrogens with two attached hydrogens (primary N) is 1. The Hall–Kier alpha value is -1.42. The molecule has 0 fully saturated rings. The molecular formula is C16H25FN2O. The molecule has 20 heavy (non-hydrogen) atoms. The Morgan fingerprint density at radius 3 is 2.60 bits per heavy atom. The van der Waals surface area contributed by atoms with E-state index < -0.39 is 0 Å². The number of carbonyl (C=O) groups excluding carboxylic acids is 1. The van der Waals surface area contributed by atoms with Crippen LogP contribution in [0.2, 0.25) is 0 Å². The van der Waals surface area contributed by atoms with E-state index in [-0.39, 0.29) is 17.1 Å². The molecule has 0 aliphatic carbocycles. The lowest BCUT2D eigenvalue weighted by atomic mass is 9.92. The lowest BCUT2D eigenvalue weighted by Crippen LogP contribution is -2.42. The number of carbonyl (C=O) groups is 1. The third kappa shape index (κ3) is 4.30. The number of hydrogen-bond acceptors (Lipinski definition) is 2. The number of aryl methyl sites for hydroxylation is 1. The zero-order chi connectivity index (χ0) is 15.3. The van der Waals surface area contributed by atoms with E-state index in [1.165, 1.54) is 12.1 Å². The predicted octanol–water partition coefficient (Wildman–Crippen LogP) is 2.97. The second kappa shape index (κ2) is 6.84. The molecule has 1 aromatic rings. The van der Waals surface area contributed by atoms with Crippen LogP contribution < -0.4 is 5.73 Å². The summed E-state index contributed by atoms with van der Waals surface area (Å²) in [6.45, 7) is 9.63. The van der Waals surface area contributed by atoms with Crippen LogP contribution >= 0.6 is 0 Å². The lowest BCUT2D eigenvalue weighted by molar-refractivity contribution is 0.0688. The molecule has 0 unspecified atom stereocenters. The summed E-state index contributed by atoms with van der Waals surface area (Å²) in [5, 5.41) is 0. The summed E-state index contributed by atoms with van der Waals surface area (Å²) in [6, 6.07) is 4.33. The Labute approximate surface area is 121 Å². The van der Waals surface area contributed by atoms with Crippen molar-refractivity contribution >= 4 is 5.91 Å². The Morgan fingerprint density at radius 2 is 2.05 bits per heavy atom. The van der Waals surface area contributed by atoms with E-state index in [4.69, 9.17) is 5.73 Å². The second-order valence-corrected chi connectivity index (χ2v) is 6.05. The molecule has 3 nitrogen and oxygen atoms in total. The smallest absolute Gasteiger partial charge is 0.254 e. The van der Waals surface area contributed by atoms with E-state index in [0.29, 0.717) is 25.2 Å². The highest BCUT2D eigenvalue weighted by Gasteiger charge is 2.25. The van der Waals surface area contributed by atoms with E-state index >= 15 is 0 Å². The molecule has 0 heterocycles. The van der Waals surface area contributed by atoms with Gasteiger partial charge < -0.3 is 10.6 Å². The van der Waals surface area contributed by atoms with Crippen LogP contribution in [0.4, 0.5) is 4.39 Å². The predicted molar refractivity (Wildman–Crippen MR) is 80.2 cm³/mol. The Kier molecular flexibility index (Phi) is 5.69. The molecular weight excluding hydrogens is 255 g/mol. The normalized spacial score (nSPS) is 11.5. The molecule has 0 radical (unpaired) electrons. The average molecular weight is 280 g/mol. The van der Waals surface area contributed by atoms with Gasteiger partial charge in [0.15, 0.2) is 0 Å². The molecule has 0 atom stereocenters. The monoisotopic (exact) mass is 280 g/mol. The zero-order valence-electron chi connectivity index (χ0n) is 12.9. The van der Waals surface area contributed by atoms with Gasteiger partial charge in [-0.05, 0) is 43.0 Å². The van der Waals surface area contributed by atoms with E-state index in [2.05, 4.69) is 0 Å². The van der Waals surface area contributed by atoms with Crippen LogP contribution in [0.5, 0.6) is 0 Å².